The summed E-state index contributed by atoms with van der Waals surface area (Å²) < 4.78 is 1.87. The molecule has 2 heterocycles. The number of hydrogen-bond acceptors (Lipinski definition) is 3. The van der Waals surface area contributed by atoms with Gasteiger partial charge in [0.25, 0.3) is 0 Å². The molecule has 144 valence electrons. The van der Waals surface area contributed by atoms with Crippen LogP contribution >= 0.6 is 0 Å². The Kier molecular flexibility index (Phi) is 5.78. The van der Waals surface area contributed by atoms with Crippen molar-refractivity contribution in [3.8, 4) is 11.3 Å². The third-order valence-corrected chi connectivity index (χ3v) is 5.30. The molecule has 1 fully saturated rings. The largest absolute Gasteiger partial charge is 0.399 e. The van der Waals surface area contributed by atoms with Crippen LogP contribution in [0.1, 0.15) is 18.9 Å². The van der Waals surface area contributed by atoms with Crippen molar-refractivity contribution in [3.63, 3.8) is 0 Å². The average molecular weight is 373 g/mol. The van der Waals surface area contributed by atoms with Crippen molar-refractivity contribution in [2.24, 2.45) is 24.6 Å². The zero-order chi connectivity index (χ0) is 20.3. The summed E-state index contributed by atoms with van der Waals surface area (Å²) in [6.07, 6.45) is 13.5. The molecule has 2 aromatic heterocycles. The van der Waals surface area contributed by atoms with Crippen LogP contribution in [0.3, 0.4) is 0 Å². The third kappa shape index (κ3) is 4.22. The average Bonchev–Trinajstić information content (AvgIpc) is 3.28. The first-order valence-corrected chi connectivity index (χ1v) is 9.49. The Morgan fingerprint density at radius 2 is 2.11 bits per heavy atom. The van der Waals surface area contributed by atoms with Crippen molar-refractivity contribution in [1.29, 1.82) is 0 Å². The van der Waals surface area contributed by atoms with E-state index in [-0.39, 0.29) is 0 Å². The summed E-state index contributed by atoms with van der Waals surface area (Å²) in [7, 11) is 1.94. The quantitative estimate of drug-likeness (QED) is 0.681. The Bertz CT molecular complexity index is 974. The summed E-state index contributed by atoms with van der Waals surface area (Å²) in [5.74, 6) is 1.00. The first kappa shape index (κ1) is 19.6. The molecule has 2 unspecified atom stereocenters. The monoisotopic (exact) mass is 372 g/mol. The lowest BCUT2D eigenvalue weighted by Crippen LogP contribution is -2.03. The van der Waals surface area contributed by atoms with E-state index < -0.39 is 0 Å². The van der Waals surface area contributed by atoms with Crippen LogP contribution in [-0.2, 0) is 13.5 Å². The first-order chi connectivity index (χ1) is 13.4. The minimum absolute atomic E-state index is 0.446. The molecular formula is C24H28N4. The van der Waals surface area contributed by atoms with Crippen LogP contribution in [0, 0.1) is 11.8 Å². The number of aromatic nitrogens is 3. The highest BCUT2D eigenvalue weighted by molar-refractivity contribution is 5.58. The molecular weight excluding hydrogens is 344 g/mol. The highest BCUT2D eigenvalue weighted by atomic mass is 15.3. The van der Waals surface area contributed by atoms with E-state index in [0.29, 0.717) is 17.5 Å². The van der Waals surface area contributed by atoms with Crippen molar-refractivity contribution < 1.29 is 0 Å². The maximum atomic E-state index is 6.07. The Labute approximate surface area is 167 Å². The molecule has 3 rings (SSSR count). The maximum absolute atomic E-state index is 6.07. The van der Waals surface area contributed by atoms with Gasteiger partial charge < -0.3 is 5.73 Å². The summed E-state index contributed by atoms with van der Waals surface area (Å²) in [6, 6.07) is 4.22. The van der Waals surface area contributed by atoms with Gasteiger partial charge in [-0.15, -0.1) is 0 Å². The molecule has 2 aromatic rings. The lowest BCUT2D eigenvalue weighted by atomic mass is 9.96. The Morgan fingerprint density at radius 3 is 2.71 bits per heavy atom. The number of nitrogens with zero attached hydrogens (tertiary/aromatic N) is 3. The van der Waals surface area contributed by atoms with Crippen LogP contribution in [-0.4, -0.2) is 14.8 Å². The molecule has 2 N–H and O–H groups in total. The molecule has 4 heteroatoms. The molecule has 0 aromatic carbocycles. The standard InChI is InChI=1S/C24H28N4/c1-6-16(3)10-22(17(4)25)21(7-2)23-13-19(23)11-18-12-20(15-26-14-18)24-8-9-27-28(24)5/h6-10,12,14-15,19,23H,1-2,4,11,13,25H2,3,5H3/b16-10+,22-21-. The molecule has 0 spiro atoms. The fraction of sp³-hybridized carbons (Fsp3) is 0.250. The predicted molar refractivity (Wildman–Crippen MR) is 116 cm³/mol. The van der Waals surface area contributed by atoms with E-state index in [1.165, 1.54) is 11.1 Å². The minimum Gasteiger partial charge on any atom is -0.399 e. The zero-order valence-electron chi connectivity index (χ0n) is 16.7. The second kappa shape index (κ2) is 8.26. The molecule has 1 aliphatic carbocycles. The van der Waals surface area contributed by atoms with Crippen LogP contribution in [0.4, 0.5) is 0 Å². The van der Waals surface area contributed by atoms with Gasteiger partial charge in [-0.3, -0.25) is 9.67 Å². The van der Waals surface area contributed by atoms with Gasteiger partial charge >= 0.3 is 0 Å². The Balaban J connectivity index is 1.80. The number of pyridine rings is 1. The van der Waals surface area contributed by atoms with E-state index in [1.54, 1.807) is 6.20 Å². The lowest BCUT2D eigenvalue weighted by Gasteiger charge is -2.11. The van der Waals surface area contributed by atoms with Gasteiger partial charge in [0.15, 0.2) is 0 Å². The van der Waals surface area contributed by atoms with Crippen molar-refractivity contribution in [1.82, 2.24) is 14.8 Å². The zero-order valence-corrected chi connectivity index (χ0v) is 16.7. The number of allylic oxidation sites excluding steroid dienone is 5. The maximum Gasteiger partial charge on any atom is 0.0694 e. The van der Waals surface area contributed by atoms with Gasteiger partial charge in [0, 0.05) is 42.5 Å². The van der Waals surface area contributed by atoms with Crippen LogP contribution in [0.5, 0.6) is 0 Å². The lowest BCUT2D eigenvalue weighted by molar-refractivity contribution is 0.762. The minimum atomic E-state index is 0.446. The van der Waals surface area contributed by atoms with Gasteiger partial charge in [0.2, 0.25) is 0 Å². The molecule has 2 atom stereocenters. The molecule has 4 nitrogen and oxygen atoms in total. The van der Waals surface area contributed by atoms with Gasteiger partial charge in [0.1, 0.15) is 0 Å². The van der Waals surface area contributed by atoms with Crippen LogP contribution in [0.15, 0.2) is 91.1 Å². The molecule has 0 bridgehead atoms. The van der Waals surface area contributed by atoms with Gasteiger partial charge in [0.05, 0.1) is 5.69 Å². The SMILES string of the molecule is C=C/C(=C(\C=C(/C)C=C)C(=C)N)C1CC1Cc1cncc(-c2ccnn2C)c1. The number of rotatable bonds is 8. The summed E-state index contributed by atoms with van der Waals surface area (Å²) >= 11 is 0. The first-order valence-electron chi connectivity index (χ1n) is 9.49. The summed E-state index contributed by atoms with van der Waals surface area (Å²) in [6.45, 7) is 13.8. The van der Waals surface area contributed by atoms with E-state index in [1.807, 2.05) is 55.3 Å². The molecule has 0 aliphatic heterocycles. The number of hydrogen-bond donors (Lipinski definition) is 1. The molecule has 0 amide bonds. The summed E-state index contributed by atoms with van der Waals surface area (Å²) in [5, 5.41) is 4.25. The van der Waals surface area contributed by atoms with Gasteiger partial charge in [-0.05, 0) is 60.9 Å². The smallest absolute Gasteiger partial charge is 0.0694 e. The van der Waals surface area contributed by atoms with Gasteiger partial charge in [-0.2, -0.15) is 5.10 Å². The topological polar surface area (TPSA) is 56.7 Å². The Hall–Kier alpha value is -3.14. The van der Waals surface area contributed by atoms with E-state index in [9.17, 15) is 0 Å². The van der Waals surface area contributed by atoms with Crippen molar-refractivity contribution >= 4 is 0 Å². The molecule has 0 radical (unpaired) electrons. The highest BCUT2D eigenvalue weighted by Gasteiger charge is 2.39. The molecule has 1 aliphatic rings. The van der Waals surface area contributed by atoms with E-state index in [2.05, 4.69) is 35.9 Å². The fourth-order valence-corrected chi connectivity index (χ4v) is 3.66. The normalized spacial score (nSPS) is 19.7. The van der Waals surface area contributed by atoms with E-state index in [4.69, 9.17) is 5.73 Å². The number of aryl methyl sites for hydroxylation is 1. The van der Waals surface area contributed by atoms with Crippen LogP contribution in [0.2, 0.25) is 0 Å². The van der Waals surface area contributed by atoms with E-state index in [0.717, 1.165) is 35.2 Å². The fourth-order valence-electron chi connectivity index (χ4n) is 3.66. The molecule has 1 saturated carbocycles. The summed E-state index contributed by atoms with van der Waals surface area (Å²) in [4.78, 5) is 4.44. The van der Waals surface area contributed by atoms with Crippen LogP contribution in [0.25, 0.3) is 11.3 Å². The van der Waals surface area contributed by atoms with Crippen LogP contribution < -0.4 is 5.73 Å². The van der Waals surface area contributed by atoms with Crippen molar-refractivity contribution in [3.05, 3.63) is 96.7 Å². The summed E-state index contributed by atoms with van der Waals surface area (Å²) in [5.41, 5.74) is 13.3. The second-order valence-corrected chi connectivity index (χ2v) is 7.42. The van der Waals surface area contributed by atoms with Crippen molar-refractivity contribution in [2.75, 3.05) is 0 Å². The van der Waals surface area contributed by atoms with Crippen molar-refractivity contribution in [2.45, 2.75) is 19.8 Å². The second-order valence-electron chi connectivity index (χ2n) is 7.42. The molecule has 28 heavy (non-hydrogen) atoms. The number of nitrogens with two attached hydrogens (primary N) is 1. The van der Waals surface area contributed by atoms with Gasteiger partial charge in [-0.25, -0.2) is 0 Å². The highest BCUT2D eigenvalue weighted by Crippen LogP contribution is 2.48. The van der Waals surface area contributed by atoms with Gasteiger partial charge in [-0.1, -0.05) is 37.5 Å². The predicted octanol–water partition coefficient (Wildman–Crippen LogP) is 4.75. The molecule has 0 saturated heterocycles. The Morgan fingerprint density at radius 1 is 1.32 bits per heavy atom. The van der Waals surface area contributed by atoms with E-state index >= 15 is 0 Å². The third-order valence-electron chi connectivity index (χ3n) is 5.30.